The van der Waals surface area contributed by atoms with Gasteiger partial charge in [0.05, 0.1) is 0 Å². The first kappa shape index (κ1) is 18.1. The van der Waals surface area contributed by atoms with Gasteiger partial charge in [0.2, 0.25) is 0 Å². The minimum Gasteiger partial charge on any atom is -0.490 e. The number of carbonyl (C=O) groups excluding carboxylic acids is 1. The van der Waals surface area contributed by atoms with E-state index in [2.05, 4.69) is 41.1 Å². The van der Waals surface area contributed by atoms with Crippen molar-refractivity contribution >= 4 is 11.6 Å². The molecule has 2 aromatic rings. The van der Waals surface area contributed by atoms with Gasteiger partial charge in [-0.05, 0) is 55.2 Å². The van der Waals surface area contributed by atoms with Crippen LogP contribution in [0.1, 0.15) is 28.8 Å². The molecule has 0 saturated carbocycles. The van der Waals surface area contributed by atoms with E-state index in [1.54, 1.807) is 18.2 Å². The Morgan fingerprint density at radius 3 is 2.81 bits per heavy atom. The number of benzene rings is 2. The summed E-state index contributed by atoms with van der Waals surface area (Å²) in [4.78, 5) is 14.7. The lowest BCUT2D eigenvalue weighted by molar-refractivity contribution is 0.0953. The summed E-state index contributed by atoms with van der Waals surface area (Å²) in [5.74, 6) is 0.699. The van der Waals surface area contributed by atoms with Gasteiger partial charge in [-0.25, -0.2) is 0 Å². The molecule has 4 nitrogen and oxygen atoms in total. The summed E-state index contributed by atoms with van der Waals surface area (Å²) >= 11 is 0. The minimum atomic E-state index is -0.0423. The van der Waals surface area contributed by atoms with E-state index < -0.39 is 0 Å². The summed E-state index contributed by atoms with van der Waals surface area (Å²) in [5, 5.41) is 3.00. The van der Waals surface area contributed by atoms with Gasteiger partial charge >= 0.3 is 0 Å². The monoisotopic (exact) mass is 350 g/mol. The summed E-state index contributed by atoms with van der Waals surface area (Å²) in [5.41, 5.74) is 3.43. The Morgan fingerprint density at radius 1 is 1.19 bits per heavy atom. The molecule has 136 valence electrons. The maximum Gasteiger partial charge on any atom is 0.251 e. The van der Waals surface area contributed by atoms with Gasteiger partial charge in [0.1, 0.15) is 12.4 Å². The van der Waals surface area contributed by atoms with Crippen LogP contribution in [0.4, 0.5) is 5.69 Å². The van der Waals surface area contributed by atoms with E-state index in [4.69, 9.17) is 4.74 Å². The summed E-state index contributed by atoms with van der Waals surface area (Å²) in [6.45, 7) is 6.81. The van der Waals surface area contributed by atoms with Crippen LogP contribution < -0.4 is 15.0 Å². The number of nitrogens with zero attached hydrogens (tertiary/aromatic N) is 1. The van der Waals surface area contributed by atoms with Crippen molar-refractivity contribution in [2.24, 2.45) is 0 Å². The lowest BCUT2D eigenvalue weighted by atomic mass is 10.0. The van der Waals surface area contributed by atoms with Crippen LogP contribution in [0.2, 0.25) is 0 Å². The zero-order chi connectivity index (χ0) is 18.2. The van der Waals surface area contributed by atoms with Crippen molar-refractivity contribution in [3.8, 4) is 5.75 Å². The van der Waals surface area contributed by atoms with E-state index in [0.717, 1.165) is 31.7 Å². The third-order valence-electron chi connectivity index (χ3n) is 4.58. The molecule has 0 spiro atoms. The first-order valence-electron chi connectivity index (χ1n) is 9.23. The Kier molecular flexibility index (Phi) is 6.31. The third kappa shape index (κ3) is 4.66. The van der Waals surface area contributed by atoms with Gasteiger partial charge in [-0.1, -0.05) is 30.9 Å². The fraction of sp³-hybridized carbons (Fsp3) is 0.318. The molecular formula is C22H26N2O2. The Morgan fingerprint density at radius 2 is 2.00 bits per heavy atom. The molecule has 1 N–H and O–H groups in total. The molecule has 0 radical (unpaired) electrons. The molecule has 1 amide bonds. The number of fused-ring (bicyclic) bond motifs is 1. The van der Waals surface area contributed by atoms with E-state index in [0.29, 0.717) is 18.7 Å². The van der Waals surface area contributed by atoms with Crippen LogP contribution in [0.15, 0.2) is 61.2 Å². The number of amides is 1. The number of ether oxygens (including phenoxy) is 1. The average molecular weight is 350 g/mol. The van der Waals surface area contributed by atoms with Crippen LogP contribution in [0, 0.1) is 0 Å². The van der Waals surface area contributed by atoms with Gasteiger partial charge in [-0.3, -0.25) is 4.79 Å². The molecule has 1 aliphatic heterocycles. The zero-order valence-corrected chi connectivity index (χ0v) is 15.1. The molecule has 1 aliphatic rings. The molecule has 0 fully saturated rings. The highest BCUT2D eigenvalue weighted by Gasteiger charge is 2.15. The van der Waals surface area contributed by atoms with Gasteiger partial charge < -0.3 is 15.0 Å². The van der Waals surface area contributed by atoms with Crippen molar-refractivity contribution in [1.82, 2.24) is 5.32 Å². The molecule has 0 atom stereocenters. The number of para-hydroxylation sites is 1. The Balaban J connectivity index is 1.44. The molecule has 3 rings (SSSR count). The predicted molar refractivity (Wildman–Crippen MR) is 106 cm³/mol. The van der Waals surface area contributed by atoms with Gasteiger partial charge in [-0.2, -0.15) is 0 Å². The smallest absolute Gasteiger partial charge is 0.251 e. The number of rotatable bonds is 8. The van der Waals surface area contributed by atoms with Crippen LogP contribution in [0.25, 0.3) is 0 Å². The highest BCUT2D eigenvalue weighted by Crippen LogP contribution is 2.26. The van der Waals surface area contributed by atoms with Crippen molar-refractivity contribution in [3.05, 3.63) is 72.3 Å². The Labute approximate surface area is 155 Å². The molecule has 0 aromatic heterocycles. The number of anilines is 1. The van der Waals surface area contributed by atoms with E-state index in [1.165, 1.54) is 17.7 Å². The summed E-state index contributed by atoms with van der Waals surface area (Å²) in [6, 6.07) is 15.8. The van der Waals surface area contributed by atoms with Crippen molar-refractivity contribution in [3.63, 3.8) is 0 Å². The van der Waals surface area contributed by atoms with Gasteiger partial charge in [0, 0.05) is 30.9 Å². The number of hydrogen-bond acceptors (Lipinski definition) is 3. The number of carbonyl (C=O) groups is 1. The molecule has 0 aliphatic carbocycles. The fourth-order valence-electron chi connectivity index (χ4n) is 3.28. The largest absolute Gasteiger partial charge is 0.490 e. The van der Waals surface area contributed by atoms with Crippen LogP contribution >= 0.6 is 0 Å². The van der Waals surface area contributed by atoms with Crippen molar-refractivity contribution in [1.29, 1.82) is 0 Å². The van der Waals surface area contributed by atoms with Crippen LogP contribution in [0.5, 0.6) is 5.75 Å². The lowest BCUT2D eigenvalue weighted by Crippen LogP contribution is -2.33. The summed E-state index contributed by atoms with van der Waals surface area (Å²) < 4.78 is 5.43. The number of hydrogen-bond donors (Lipinski definition) is 1. The van der Waals surface area contributed by atoms with Crippen molar-refractivity contribution < 1.29 is 9.53 Å². The molecule has 1 heterocycles. The second kappa shape index (κ2) is 9.09. The van der Waals surface area contributed by atoms with Gasteiger partial charge in [0.25, 0.3) is 5.91 Å². The summed E-state index contributed by atoms with van der Waals surface area (Å²) in [6.07, 6.45) is 4.99. The first-order chi connectivity index (χ1) is 12.8. The normalized spacial score (nSPS) is 13.0. The predicted octanol–water partition coefficient (Wildman–Crippen LogP) is 3.82. The molecule has 2 aromatic carbocycles. The molecular weight excluding hydrogens is 324 g/mol. The second-order valence-corrected chi connectivity index (χ2v) is 6.45. The maximum absolute atomic E-state index is 12.2. The molecule has 0 unspecified atom stereocenters. The third-order valence-corrected chi connectivity index (χ3v) is 4.58. The van der Waals surface area contributed by atoms with Crippen molar-refractivity contribution in [2.45, 2.75) is 19.3 Å². The molecule has 0 saturated heterocycles. The lowest BCUT2D eigenvalue weighted by Gasteiger charge is -2.31. The van der Waals surface area contributed by atoms with Crippen LogP contribution in [-0.2, 0) is 6.42 Å². The quantitative estimate of drug-likeness (QED) is 0.581. The molecule has 0 bridgehead atoms. The minimum absolute atomic E-state index is 0.0423. The first-order valence-corrected chi connectivity index (χ1v) is 9.23. The van der Waals surface area contributed by atoms with E-state index >= 15 is 0 Å². The summed E-state index contributed by atoms with van der Waals surface area (Å²) in [7, 11) is 0. The van der Waals surface area contributed by atoms with Crippen LogP contribution in [-0.4, -0.2) is 32.1 Å². The standard InChI is InChI=1S/C22H26N2O2/c1-2-17-26-20-12-10-19(11-13-20)22(25)23-14-6-16-24-15-5-8-18-7-3-4-9-21(18)24/h2-4,7,9-13H,1,5-6,8,14-17H2,(H,23,25). The highest BCUT2D eigenvalue weighted by atomic mass is 16.5. The van der Waals surface area contributed by atoms with Gasteiger partial charge in [0.15, 0.2) is 0 Å². The SMILES string of the molecule is C=CCOc1ccc(C(=O)NCCCN2CCCc3ccccc32)cc1. The number of aryl methyl sites for hydroxylation is 1. The Hall–Kier alpha value is -2.75. The topological polar surface area (TPSA) is 41.6 Å². The highest BCUT2D eigenvalue weighted by molar-refractivity contribution is 5.94. The van der Waals surface area contributed by atoms with Gasteiger partial charge in [-0.15, -0.1) is 0 Å². The average Bonchev–Trinajstić information content (AvgIpc) is 2.70. The zero-order valence-electron chi connectivity index (χ0n) is 15.1. The Bertz CT molecular complexity index is 740. The van der Waals surface area contributed by atoms with E-state index in [-0.39, 0.29) is 5.91 Å². The van der Waals surface area contributed by atoms with E-state index in [1.807, 2.05) is 12.1 Å². The van der Waals surface area contributed by atoms with Crippen LogP contribution in [0.3, 0.4) is 0 Å². The number of nitrogens with one attached hydrogen (secondary N) is 1. The molecule has 26 heavy (non-hydrogen) atoms. The molecule has 4 heteroatoms. The fourth-order valence-corrected chi connectivity index (χ4v) is 3.28. The second-order valence-electron chi connectivity index (χ2n) is 6.45. The van der Waals surface area contributed by atoms with E-state index in [9.17, 15) is 4.79 Å². The van der Waals surface area contributed by atoms with Crippen molar-refractivity contribution in [2.75, 3.05) is 31.1 Å². The maximum atomic E-state index is 12.2.